The maximum Gasteiger partial charge on any atom is 0.317 e. The van der Waals surface area contributed by atoms with Crippen LogP contribution in [0, 0.1) is 0 Å². The summed E-state index contributed by atoms with van der Waals surface area (Å²) in [7, 11) is 0. The summed E-state index contributed by atoms with van der Waals surface area (Å²) in [6, 6.07) is 0.255. The number of nitrogens with zero attached hydrogens (tertiary/aromatic N) is 1. The highest BCUT2D eigenvalue weighted by Gasteiger charge is 2.27. The molecule has 1 aliphatic heterocycles. The van der Waals surface area contributed by atoms with Gasteiger partial charge in [-0.25, -0.2) is 0 Å². The van der Waals surface area contributed by atoms with E-state index in [-0.39, 0.29) is 24.5 Å². The first-order valence-electron chi connectivity index (χ1n) is 6.28. The van der Waals surface area contributed by atoms with E-state index in [1.807, 2.05) is 18.7 Å². The van der Waals surface area contributed by atoms with Gasteiger partial charge in [-0.05, 0) is 26.2 Å². The van der Waals surface area contributed by atoms with E-state index in [1.165, 1.54) is 0 Å². The van der Waals surface area contributed by atoms with Crippen LogP contribution in [0.4, 0.5) is 0 Å². The summed E-state index contributed by atoms with van der Waals surface area (Å²) in [5.41, 5.74) is 0. The third kappa shape index (κ3) is 4.34. The van der Waals surface area contributed by atoms with Gasteiger partial charge in [0.15, 0.2) is 0 Å². The molecule has 1 fully saturated rings. The van der Waals surface area contributed by atoms with Crippen molar-refractivity contribution in [3.05, 3.63) is 0 Å². The van der Waals surface area contributed by atoms with Crippen LogP contribution in [-0.4, -0.2) is 47.1 Å². The predicted molar refractivity (Wildman–Crippen MR) is 64.7 cm³/mol. The summed E-state index contributed by atoms with van der Waals surface area (Å²) in [5.74, 6) is -0.791. The summed E-state index contributed by atoms with van der Waals surface area (Å²) >= 11 is 0. The van der Waals surface area contributed by atoms with E-state index in [9.17, 15) is 9.59 Å². The molecule has 0 aromatic carbocycles. The molecule has 0 spiro atoms. The van der Waals surface area contributed by atoms with Crippen molar-refractivity contribution in [3.8, 4) is 0 Å². The molecule has 0 aliphatic carbocycles. The number of rotatable bonds is 5. The smallest absolute Gasteiger partial charge is 0.317 e. The zero-order valence-electron chi connectivity index (χ0n) is 10.6. The summed E-state index contributed by atoms with van der Waals surface area (Å²) in [6.07, 6.45) is 3.11. The number of hydrogen-bond donors (Lipinski definition) is 2. The van der Waals surface area contributed by atoms with Crippen molar-refractivity contribution < 1.29 is 14.7 Å². The molecule has 5 heteroatoms. The highest BCUT2D eigenvalue weighted by molar-refractivity contribution is 5.77. The molecular formula is C12H22N2O3. The van der Waals surface area contributed by atoms with Crippen molar-refractivity contribution in [2.45, 2.75) is 51.6 Å². The Bertz CT molecular complexity index is 281. The van der Waals surface area contributed by atoms with Gasteiger partial charge in [0.25, 0.3) is 0 Å². The lowest BCUT2D eigenvalue weighted by molar-refractivity contribution is -0.140. The highest BCUT2D eigenvalue weighted by atomic mass is 16.4. The quantitative estimate of drug-likeness (QED) is 0.749. The van der Waals surface area contributed by atoms with Gasteiger partial charge in [0.05, 0.1) is 6.54 Å². The van der Waals surface area contributed by atoms with Crippen LogP contribution < -0.4 is 5.32 Å². The van der Waals surface area contributed by atoms with Crippen molar-refractivity contribution in [3.63, 3.8) is 0 Å². The maximum absolute atomic E-state index is 11.5. The molecule has 2 unspecified atom stereocenters. The number of nitrogens with one attached hydrogen (secondary N) is 1. The van der Waals surface area contributed by atoms with E-state index >= 15 is 0 Å². The number of hydrogen-bond acceptors (Lipinski definition) is 3. The molecule has 0 aromatic heterocycles. The number of carboxylic acids is 1. The van der Waals surface area contributed by atoms with E-state index in [1.54, 1.807) is 0 Å². The average molecular weight is 242 g/mol. The molecule has 2 atom stereocenters. The molecule has 0 aromatic rings. The van der Waals surface area contributed by atoms with Crippen LogP contribution in [0.1, 0.15) is 39.5 Å². The van der Waals surface area contributed by atoms with E-state index in [2.05, 4.69) is 5.32 Å². The lowest BCUT2D eigenvalue weighted by Gasteiger charge is -2.33. The van der Waals surface area contributed by atoms with E-state index < -0.39 is 5.97 Å². The van der Waals surface area contributed by atoms with Crippen LogP contribution >= 0.6 is 0 Å². The molecule has 1 heterocycles. The summed E-state index contributed by atoms with van der Waals surface area (Å²) in [5, 5.41) is 11.8. The largest absolute Gasteiger partial charge is 0.480 e. The molecule has 1 rings (SSSR count). The molecule has 1 amide bonds. The van der Waals surface area contributed by atoms with Gasteiger partial charge in [0.2, 0.25) is 5.91 Å². The van der Waals surface area contributed by atoms with Gasteiger partial charge in [-0.2, -0.15) is 0 Å². The van der Waals surface area contributed by atoms with E-state index in [0.717, 1.165) is 19.3 Å². The molecular weight excluding hydrogens is 220 g/mol. The minimum atomic E-state index is -0.824. The normalized spacial score (nSPS) is 23.0. The number of aliphatic carboxylic acids is 1. The second-order valence-electron chi connectivity index (χ2n) is 4.67. The molecule has 5 nitrogen and oxygen atoms in total. The summed E-state index contributed by atoms with van der Waals surface area (Å²) < 4.78 is 0. The zero-order valence-corrected chi connectivity index (χ0v) is 10.6. The van der Waals surface area contributed by atoms with Crippen LogP contribution in [0.15, 0.2) is 0 Å². The predicted octanol–water partition coefficient (Wildman–Crippen LogP) is 0.840. The standard InChI is InChI=1S/C12H22N2O3/c1-3-9(2)14(8-12(16)17)10-5-4-6-13-11(15)7-10/h9-10H,3-8H2,1-2H3,(H,13,15)(H,16,17). The van der Waals surface area contributed by atoms with Gasteiger partial charge in [-0.3, -0.25) is 14.5 Å². The maximum atomic E-state index is 11.5. The zero-order chi connectivity index (χ0) is 12.8. The van der Waals surface area contributed by atoms with Crippen LogP contribution in [0.3, 0.4) is 0 Å². The van der Waals surface area contributed by atoms with Gasteiger partial charge in [0, 0.05) is 25.0 Å². The third-order valence-corrected chi connectivity index (χ3v) is 3.40. The van der Waals surface area contributed by atoms with Crippen LogP contribution in [0.5, 0.6) is 0 Å². The number of carboxylic acid groups (broad SMARTS) is 1. The molecule has 0 radical (unpaired) electrons. The monoisotopic (exact) mass is 242 g/mol. The summed E-state index contributed by atoms with van der Waals surface area (Å²) in [6.45, 7) is 4.78. The molecule has 2 N–H and O–H groups in total. The Balaban J connectivity index is 2.72. The first-order chi connectivity index (χ1) is 8.04. The fraction of sp³-hybridized carbons (Fsp3) is 0.833. The Hall–Kier alpha value is -1.10. The average Bonchev–Trinajstić information content (AvgIpc) is 2.49. The molecule has 1 aliphatic rings. The second kappa shape index (κ2) is 6.59. The molecule has 98 valence electrons. The van der Waals surface area contributed by atoms with Crippen LogP contribution in [0.2, 0.25) is 0 Å². The second-order valence-corrected chi connectivity index (χ2v) is 4.67. The molecule has 0 saturated carbocycles. The topological polar surface area (TPSA) is 69.6 Å². The van der Waals surface area contributed by atoms with Crippen LogP contribution in [0.25, 0.3) is 0 Å². The van der Waals surface area contributed by atoms with E-state index in [0.29, 0.717) is 13.0 Å². The fourth-order valence-corrected chi connectivity index (χ4v) is 2.27. The minimum absolute atomic E-state index is 0.0208. The first-order valence-corrected chi connectivity index (χ1v) is 6.28. The highest BCUT2D eigenvalue weighted by Crippen LogP contribution is 2.18. The third-order valence-electron chi connectivity index (χ3n) is 3.40. The van der Waals surface area contributed by atoms with E-state index in [4.69, 9.17) is 5.11 Å². The Kier molecular flexibility index (Phi) is 5.41. The molecule has 17 heavy (non-hydrogen) atoms. The first kappa shape index (κ1) is 14.0. The fourth-order valence-electron chi connectivity index (χ4n) is 2.27. The SMILES string of the molecule is CCC(C)N(CC(=O)O)C1CCCNC(=O)C1. The lowest BCUT2D eigenvalue weighted by atomic mass is 10.0. The van der Waals surface area contributed by atoms with Crippen molar-refractivity contribution in [1.29, 1.82) is 0 Å². The number of amides is 1. The Morgan fingerprint density at radius 3 is 2.94 bits per heavy atom. The molecule has 0 bridgehead atoms. The summed E-state index contributed by atoms with van der Waals surface area (Å²) in [4.78, 5) is 24.4. The lowest BCUT2D eigenvalue weighted by Crippen LogP contribution is -2.45. The van der Waals surface area contributed by atoms with Crippen LogP contribution in [-0.2, 0) is 9.59 Å². The molecule has 1 saturated heterocycles. The van der Waals surface area contributed by atoms with Gasteiger partial charge in [-0.15, -0.1) is 0 Å². The van der Waals surface area contributed by atoms with Crippen molar-refractivity contribution in [1.82, 2.24) is 10.2 Å². The number of carbonyl (C=O) groups excluding carboxylic acids is 1. The minimum Gasteiger partial charge on any atom is -0.480 e. The van der Waals surface area contributed by atoms with Gasteiger partial charge >= 0.3 is 5.97 Å². The van der Waals surface area contributed by atoms with Gasteiger partial charge < -0.3 is 10.4 Å². The van der Waals surface area contributed by atoms with Crippen molar-refractivity contribution in [2.24, 2.45) is 0 Å². The van der Waals surface area contributed by atoms with Gasteiger partial charge in [0.1, 0.15) is 0 Å². The van der Waals surface area contributed by atoms with Crippen molar-refractivity contribution >= 4 is 11.9 Å². The number of carbonyl (C=O) groups is 2. The Labute approximate surface area is 102 Å². The Morgan fingerprint density at radius 1 is 1.65 bits per heavy atom. The van der Waals surface area contributed by atoms with Gasteiger partial charge in [-0.1, -0.05) is 6.92 Å². The van der Waals surface area contributed by atoms with Crippen molar-refractivity contribution in [2.75, 3.05) is 13.1 Å². The Morgan fingerprint density at radius 2 is 2.35 bits per heavy atom.